The van der Waals surface area contributed by atoms with Crippen LogP contribution in [0.1, 0.15) is 10.6 Å². The van der Waals surface area contributed by atoms with Gasteiger partial charge in [0.05, 0.1) is 11.9 Å². The summed E-state index contributed by atoms with van der Waals surface area (Å²) in [5.41, 5.74) is 1.70. The van der Waals surface area contributed by atoms with Crippen LogP contribution in [0.5, 0.6) is 0 Å². The van der Waals surface area contributed by atoms with Crippen LogP contribution in [0.15, 0.2) is 59.7 Å². The third kappa shape index (κ3) is 2.54. The molecule has 0 atom stereocenters. The van der Waals surface area contributed by atoms with Crippen molar-refractivity contribution in [3.63, 3.8) is 0 Å². The number of amides is 1. The van der Waals surface area contributed by atoms with Gasteiger partial charge in [0.15, 0.2) is 6.39 Å². The lowest BCUT2D eigenvalue weighted by Crippen LogP contribution is -2.11. The lowest BCUT2D eigenvalue weighted by Gasteiger charge is -2.03. The maximum Gasteiger partial charge on any atom is 0.294 e. The van der Waals surface area contributed by atoms with E-state index in [2.05, 4.69) is 20.3 Å². The average molecular weight is 266 g/mol. The molecule has 0 spiro atoms. The van der Waals surface area contributed by atoms with Crippen molar-refractivity contribution in [2.75, 3.05) is 5.32 Å². The Morgan fingerprint density at radius 2 is 2.05 bits per heavy atom. The molecule has 1 amide bonds. The number of pyridine rings is 2. The lowest BCUT2D eigenvalue weighted by atomic mass is 10.2. The minimum atomic E-state index is -0.388. The van der Waals surface area contributed by atoms with Crippen LogP contribution in [0, 0.1) is 0 Å². The molecule has 3 aromatic heterocycles. The smallest absolute Gasteiger partial charge is 0.294 e. The van der Waals surface area contributed by atoms with Gasteiger partial charge in [-0.05, 0) is 24.3 Å². The number of hydrogen-bond acceptors (Lipinski definition) is 5. The molecule has 0 fully saturated rings. The number of rotatable bonds is 3. The van der Waals surface area contributed by atoms with E-state index in [0.29, 0.717) is 5.82 Å². The van der Waals surface area contributed by atoms with Crippen molar-refractivity contribution in [1.29, 1.82) is 0 Å². The first kappa shape index (κ1) is 12.0. The fraction of sp³-hybridized carbons (Fsp3) is 0. The van der Waals surface area contributed by atoms with Gasteiger partial charge in [0.25, 0.3) is 5.91 Å². The highest BCUT2D eigenvalue weighted by atomic mass is 16.3. The van der Waals surface area contributed by atoms with Gasteiger partial charge in [-0.3, -0.25) is 9.78 Å². The number of carbonyl (C=O) groups excluding carboxylic acids is 1. The number of oxazole rings is 1. The zero-order chi connectivity index (χ0) is 13.8. The van der Waals surface area contributed by atoms with E-state index in [0.717, 1.165) is 11.3 Å². The Kier molecular flexibility index (Phi) is 3.20. The summed E-state index contributed by atoms with van der Waals surface area (Å²) in [5.74, 6) is 0.187. The van der Waals surface area contributed by atoms with E-state index in [9.17, 15) is 4.79 Å². The number of hydrogen-bond donors (Lipinski definition) is 1. The molecule has 6 nitrogen and oxygen atoms in total. The molecule has 1 N–H and O–H groups in total. The predicted octanol–water partition coefficient (Wildman–Crippen LogP) is 2.38. The molecule has 3 heterocycles. The number of nitrogens with zero attached hydrogens (tertiary/aromatic N) is 3. The highest BCUT2D eigenvalue weighted by Crippen LogP contribution is 2.16. The summed E-state index contributed by atoms with van der Waals surface area (Å²) in [5, 5.41) is 2.62. The van der Waals surface area contributed by atoms with Crippen LogP contribution in [0.3, 0.4) is 0 Å². The molecule has 3 rings (SSSR count). The van der Waals surface area contributed by atoms with E-state index >= 15 is 0 Å². The summed E-state index contributed by atoms with van der Waals surface area (Å²) < 4.78 is 4.90. The van der Waals surface area contributed by atoms with Crippen LogP contribution in [0.2, 0.25) is 0 Å². The Balaban J connectivity index is 1.75. The number of aromatic nitrogens is 3. The largest absolute Gasteiger partial charge is 0.438 e. The molecule has 3 aromatic rings. The van der Waals surface area contributed by atoms with Gasteiger partial charge in [-0.15, -0.1) is 0 Å². The molecule has 98 valence electrons. The molecule has 0 aliphatic rings. The monoisotopic (exact) mass is 266 g/mol. The number of anilines is 1. The summed E-state index contributed by atoms with van der Waals surface area (Å²) >= 11 is 0. The van der Waals surface area contributed by atoms with Crippen molar-refractivity contribution in [2.45, 2.75) is 0 Å². The van der Waals surface area contributed by atoms with Crippen LogP contribution in [0.25, 0.3) is 11.3 Å². The van der Waals surface area contributed by atoms with Crippen LogP contribution < -0.4 is 5.32 Å². The molecular weight excluding hydrogens is 256 g/mol. The number of carbonyl (C=O) groups is 1. The Morgan fingerprint density at radius 3 is 2.70 bits per heavy atom. The average Bonchev–Trinajstić information content (AvgIpc) is 3.03. The van der Waals surface area contributed by atoms with Crippen LogP contribution in [0.4, 0.5) is 5.82 Å². The minimum Gasteiger partial charge on any atom is -0.438 e. The first-order valence-electron chi connectivity index (χ1n) is 5.90. The van der Waals surface area contributed by atoms with Crippen LogP contribution >= 0.6 is 0 Å². The van der Waals surface area contributed by atoms with E-state index in [4.69, 9.17) is 4.42 Å². The van der Waals surface area contributed by atoms with Gasteiger partial charge in [0.1, 0.15) is 5.82 Å². The molecule has 0 aromatic carbocycles. The molecule has 20 heavy (non-hydrogen) atoms. The quantitative estimate of drug-likeness (QED) is 0.787. The van der Waals surface area contributed by atoms with Gasteiger partial charge >= 0.3 is 0 Å². The van der Waals surface area contributed by atoms with Crippen molar-refractivity contribution in [2.24, 2.45) is 0 Å². The summed E-state index contributed by atoms with van der Waals surface area (Å²) in [6.07, 6.45) is 5.91. The summed E-state index contributed by atoms with van der Waals surface area (Å²) in [4.78, 5) is 23.8. The highest BCUT2D eigenvalue weighted by Gasteiger charge is 2.10. The standard InChI is InChI=1S/C14H10N4O2/c19-14(12-8-15-9-20-12)18-13-5-4-10(7-17-13)11-3-1-2-6-16-11/h1-9H,(H,17,18,19). The summed E-state index contributed by atoms with van der Waals surface area (Å²) in [7, 11) is 0. The van der Waals surface area contributed by atoms with Crippen molar-refractivity contribution in [3.8, 4) is 11.3 Å². The Morgan fingerprint density at radius 1 is 1.10 bits per heavy atom. The van der Waals surface area contributed by atoms with E-state index in [1.165, 1.54) is 12.6 Å². The molecule has 0 unspecified atom stereocenters. The van der Waals surface area contributed by atoms with Gasteiger partial charge in [0.2, 0.25) is 5.76 Å². The molecule has 0 saturated carbocycles. The summed E-state index contributed by atoms with van der Waals surface area (Å²) in [6.45, 7) is 0. The van der Waals surface area contributed by atoms with E-state index in [1.807, 2.05) is 24.3 Å². The Bertz CT molecular complexity index is 694. The minimum absolute atomic E-state index is 0.139. The Hall–Kier alpha value is -3.02. The predicted molar refractivity (Wildman–Crippen MR) is 71.9 cm³/mol. The molecule has 6 heteroatoms. The maximum absolute atomic E-state index is 11.7. The SMILES string of the molecule is O=C(Nc1ccc(-c2ccccn2)cn1)c1cnco1. The second-order valence-electron chi connectivity index (χ2n) is 3.97. The van der Waals surface area contributed by atoms with Gasteiger partial charge in [-0.25, -0.2) is 9.97 Å². The van der Waals surface area contributed by atoms with E-state index in [1.54, 1.807) is 18.5 Å². The van der Waals surface area contributed by atoms with Crippen molar-refractivity contribution in [1.82, 2.24) is 15.0 Å². The highest BCUT2D eigenvalue weighted by molar-refractivity contribution is 6.01. The van der Waals surface area contributed by atoms with Crippen molar-refractivity contribution < 1.29 is 9.21 Å². The number of nitrogens with one attached hydrogen (secondary N) is 1. The molecule has 0 saturated heterocycles. The topological polar surface area (TPSA) is 80.9 Å². The van der Waals surface area contributed by atoms with Gasteiger partial charge in [-0.2, -0.15) is 0 Å². The fourth-order valence-corrected chi connectivity index (χ4v) is 1.66. The van der Waals surface area contributed by atoms with Gasteiger partial charge in [-0.1, -0.05) is 6.07 Å². The molecule has 0 aliphatic carbocycles. The first-order chi connectivity index (χ1) is 9.83. The molecular formula is C14H10N4O2. The Labute approximate surface area is 114 Å². The third-order valence-electron chi connectivity index (χ3n) is 2.62. The van der Waals surface area contributed by atoms with Crippen molar-refractivity contribution >= 4 is 11.7 Å². The van der Waals surface area contributed by atoms with Crippen LogP contribution in [-0.4, -0.2) is 20.9 Å². The summed E-state index contributed by atoms with van der Waals surface area (Å²) in [6, 6.07) is 9.19. The van der Waals surface area contributed by atoms with Crippen molar-refractivity contribution in [3.05, 3.63) is 61.1 Å². The lowest BCUT2D eigenvalue weighted by molar-refractivity contribution is 0.0996. The molecule has 0 radical (unpaired) electrons. The van der Waals surface area contributed by atoms with Gasteiger partial charge in [0, 0.05) is 18.0 Å². The third-order valence-corrected chi connectivity index (χ3v) is 2.62. The molecule has 0 bridgehead atoms. The second kappa shape index (κ2) is 5.31. The molecule has 0 aliphatic heterocycles. The maximum atomic E-state index is 11.7. The second-order valence-corrected chi connectivity index (χ2v) is 3.97. The zero-order valence-corrected chi connectivity index (χ0v) is 10.4. The van der Waals surface area contributed by atoms with E-state index in [-0.39, 0.29) is 11.7 Å². The normalized spacial score (nSPS) is 10.2. The van der Waals surface area contributed by atoms with Gasteiger partial charge < -0.3 is 9.73 Å². The first-order valence-corrected chi connectivity index (χ1v) is 5.90. The zero-order valence-electron chi connectivity index (χ0n) is 10.4. The van der Waals surface area contributed by atoms with E-state index < -0.39 is 0 Å². The fourth-order valence-electron chi connectivity index (χ4n) is 1.66. The van der Waals surface area contributed by atoms with Crippen LogP contribution in [-0.2, 0) is 0 Å².